The Morgan fingerprint density at radius 3 is 2.52 bits per heavy atom. The third-order valence-electron chi connectivity index (χ3n) is 3.43. The van der Waals surface area contributed by atoms with Crippen LogP contribution >= 0.6 is 23.2 Å². The maximum atomic E-state index is 12.1. The lowest BCUT2D eigenvalue weighted by Crippen LogP contribution is -2.86. The van der Waals surface area contributed by atoms with Crippen LogP contribution in [0.4, 0.5) is 5.69 Å². The first kappa shape index (κ1) is 17.3. The molecule has 23 heavy (non-hydrogen) atoms. The summed E-state index contributed by atoms with van der Waals surface area (Å²) >= 11 is 11.8. The van der Waals surface area contributed by atoms with Gasteiger partial charge in [0.25, 0.3) is 5.91 Å². The number of halogens is 2. The minimum Gasteiger partial charge on any atom is -0.333 e. The molecule has 3 N–H and O–H groups in total. The largest absolute Gasteiger partial charge is 0.333 e. The van der Waals surface area contributed by atoms with Gasteiger partial charge in [-0.2, -0.15) is 5.26 Å². The Morgan fingerprint density at radius 1 is 1.22 bits per heavy atom. The van der Waals surface area contributed by atoms with E-state index in [2.05, 4.69) is 5.32 Å². The molecule has 0 aliphatic heterocycles. The van der Waals surface area contributed by atoms with E-state index in [1.807, 2.05) is 42.6 Å². The summed E-state index contributed by atoms with van der Waals surface area (Å²) in [5.41, 5.74) is 1.90. The summed E-state index contributed by atoms with van der Waals surface area (Å²) in [7, 11) is 0. The van der Waals surface area contributed by atoms with Crippen LogP contribution in [-0.2, 0) is 4.79 Å². The summed E-state index contributed by atoms with van der Waals surface area (Å²) in [5.74, 6) is -0.190. The fraction of sp³-hybridized carbons (Fsp3) is 0.176. The summed E-state index contributed by atoms with van der Waals surface area (Å²) in [6.45, 7) is 2.25. The highest BCUT2D eigenvalue weighted by Gasteiger charge is 2.13. The predicted molar refractivity (Wildman–Crippen MR) is 91.5 cm³/mol. The number of quaternary nitrogens is 1. The van der Waals surface area contributed by atoms with Crippen LogP contribution in [0.3, 0.4) is 0 Å². The van der Waals surface area contributed by atoms with Crippen LogP contribution in [0.15, 0.2) is 42.5 Å². The summed E-state index contributed by atoms with van der Waals surface area (Å²) in [4.78, 5) is 12.1. The Balaban J connectivity index is 1.94. The SMILES string of the molecule is C[C@H]([NH2+]CC(=O)Nc1cc(Cl)ccc1C#N)c1ccc(Cl)cc1. The predicted octanol–water partition coefficient (Wildman–Crippen LogP) is 3.13. The Hall–Kier alpha value is -2.06. The van der Waals surface area contributed by atoms with Crippen molar-refractivity contribution in [3.05, 3.63) is 63.6 Å². The quantitative estimate of drug-likeness (QED) is 0.871. The minimum absolute atomic E-state index is 0.118. The van der Waals surface area contributed by atoms with Crippen molar-refractivity contribution in [3.8, 4) is 6.07 Å². The molecule has 4 nitrogen and oxygen atoms in total. The monoisotopic (exact) mass is 348 g/mol. The first-order valence-corrected chi connectivity index (χ1v) is 7.83. The molecule has 2 rings (SSSR count). The van der Waals surface area contributed by atoms with Crippen LogP contribution in [0.5, 0.6) is 0 Å². The number of hydrogen-bond acceptors (Lipinski definition) is 2. The average molecular weight is 349 g/mol. The number of nitriles is 1. The van der Waals surface area contributed by atoms with Crippen molar-refractivity contribution in [2.45, 2.75) is 13.0 Å². The highest BCUT2D eigenvalue weighted by molar-refractivity contribution is 6.31. The highest BCUT2D eigenvalue weighted by Crippen LogP contribution is 2.20. The van der Waals surface area contributed by atoms with Crippen LogP contribution in [0, 0.1) is 11.3 Å². The van der Waals surface area contributed by atoms with Crippen molar-refractivity contribution >= 4 is 34.8 Å². The third kappa shape index (κ3) is 4.97. The first-order valence-electron chi connectivity index (χ1n) is 7.08. The van der Waals surface area contributed by atoms with E-state index >= 15 is 0 Å². The van der Waals surface area contributed by atoms with E-state index in [0.29, 0.717) is 21.3 Å². The summed E-state index contributed by atoms with van der Waals surface area (Å²) in [5, 5.41) is 14.8. The van der Waals surface area contributed by atoms with Crippen molar-refractivity contribution in [1.82, 2.24) is 0 Å². The lowest BCUT2D eigenvalue weighted by molar-refractivity contribution is -0.682. The summed E-state index contributed by atoms with van der Waals surface area (Å²) < 4.78 is 0. The zero-order chi connectivity index (χ0) is 16.8. The molecule has 0 unspecified atom stereocenters. The van der Waals surface area contributed by atoms with E-state index in [1.165, 1.54) is 0 Å². The molecule has 0 aromatic heterocycles. The molecule has 0 saturated heterocycles. The Morgan fingerprint density at radius 2 is 1.87 bits per heavy atom. The summed E-state index contributed by atoms with van der Waals surface area (Å²) in [6.07, 6.45) is 0. The number of nitrogens with two attached hydrogens (primary N) is 1. The van der Waals surface area contributed by atoms with Crippen molar-refractivity contribution in [2.75, 3.05) is 11.9 Å². The van der Waals surface area contributed by atoms with Crippen molar-refractivity contribution in [2.24, 2.45) is 0 Å². The van der Waals surface area contributed by atoms with E-state index < -0.39 is 0 Å². The molecule has 0 radical (unpaired) electrons. The van der Waals surface area contributed by atoms with E-state index in [4.69, 9.17) is 28.5 Å². The van der Waals surface area contributed by atoms with Crippen LogP contribution in [0.1, 0.15) is 24.1 Å². The number of anilines is 1. The molecule has 0 spiro atoms. The molecular formula is C17H16Cl2N3O+. The number of carbonyl (C=O) groups is 1. The Bertz CT molecular complexity index is 738. The number of carbonyl (C=O) groups excluding carboxylic acids is 1. The van der Waals surface area contributed by atoms with Gasteiger partial charge in [-0.05, 0) is 37.3 Å². The van der Waals surface area contributed by atoms with Gasteiger partial charge in [-0.1, -0.05) is 35.3 Å². The number of nitrogens with one attached hydrogen (secondary N) is 1. The van der Waals surface area contributed by atoms with E-state index in [1.54, 1.807) is 18.2 Å². The van der Waals surface area contributed by atoms with E-state index in [-0.39, 0.29) is 18.5 Å². The molecule has 118 valence electrons. The fourth-order valence-corrected chi connectivity index (χ4v) is 2.40. The van der Waals surface area contributed by atoms with E-state index in [0.717, 1.165) is 5.56 Å². The average Bonchev–Trinajstić information content (AvgIpc) is 2.53. The van der Waals surface area contributed by atoms with Gasteiger partial charge in [-0.25, -0.2) is 0 Å². The molecule has 2 aromatic carbocycles. The number of rotatable bonds is 5. The highest BCUT2D eigenvalue weighted by atomic mass is 35.5. The van der Waals surface area contributed by atoms with Crippen LogP contribution in [0.25, 0.3) is 0 Å². The fourth-order valence-electron chi connectivity index (χ4n) is 2.10. The number of hydrogen-bond donors (Lipinski definition) is 2. The molecule has 1 atom stereocenters. The second-order valence-corrected chi connectivity index (χ2v) is 6.00. The molecule has 1 amide bonds. The molecular weight excluding hydrogens is 333 g/mol. The number of nitrogens with zero attached hydrogens (tertiary/aromatic N) is 1. The minimum atomic E-state index is -0.190. The van der Waals surface area contributed by atoms with Gasteiger partial charge in [-0.15, -0.1) is 0 Å². The number of benzene rings is 2. The topological polar surface area (TPSA) is 69.5 Å². The standard InChI is InChI=1S/C17H15Cl2N3O/c1-11(12-2-5-14(18)6-3-12)21-10-17(23)22-16-8-15(19)7-4-13(16)9-20/h2-8,11,21H,10H2,1H3,(H,22,23)/p+1/t11-/m0/s1. The van der Waals surface area contributed by atoms with Crippen molar-refractivity contribution in [1.29, 1.82) is 5.26 Å². The molecule has 0 fully saturated rings. The molecule has 0 aliphatic rings. The Kier molecular flexibility index (Phi) is 6.00. The van der Waals surface area contributed by atoms with Crippen LogP contribution in [0.2, 0.25) is 10.0 Å². The normalized spacial score (nSPS) is 11.6. The first-order chi connectivity index (χ1) is 11.0. The number of amides is 1. The maximum Gasteiger partial charge on any atom is 0.279 e. The van der Waals surface area contributed by atoms with Gasteiger partial charge >= 0.3 is 0 Å². The van der Waals surface area contributed by atoms with Crippen molar-refractivity contribution in [3.63, 3.8) is 0 Å². The van der Waals surface area contributed by atoms with Crippen molar-refractivity contribution < 1.29 is 10.1 Å². The second kappa shape index (κ2) is 7.98. The second-order valence-electron chi connectivity index (χ2n) is 5.13. The zero-order valence-corrected chi connectivity index (χ0v) is 14.0. The lowest BCUT2D eigenvalue weighted by Gasteiger charge is -2.12. The third-order valence-corrected chi connectivity index (χ3v) is 3.92. The van der Waals surface area contributed by atoms with Gasteiger partial charge in [0.05, 0.1) is 11.3 Å². The van der Waals surface area contributed by atoms with Crippen LogP contribution < -0.4 is 10.6 Å². The van der Waals surface area contributed by atoms with Gasteiger partial charge in [0.2, 0.25) is 0 Å². The molecule has 0 heterocycles. The Labute approximate surface area is 145 Å². The van der Waals surface area contributed by atoms with Gasteiger partial charge < -0.3 is 10.6 Å². The molecule has 0 aliphatic carbocycles. The maximum absolute atomic E-state index is 12.1. The van der Waals surface area contributed by atoms with Gasteiger partial charge in [0, 0.05) is 15.6 Å². The smallest absolute Gasteiger partial charge is 0.279 e. The lowest BCUT2D eigenvalue weighted by atomic mass is 10.1. The zero-order valence-electron chi connectivity index (χ0n) is 12.5. The molecule has 0 saturated carbocycles. The van der Waals surface area contributed by atoms with Gasteiger partial charge in [-0.3, -0.25) is 4.79 Å². The van der Waals surface area contributed by atoms with E-state index in [9.17, 15) is 4.79 Å². The summed E-state index contributed by atoms with van der Waals surface area (Å²) in [6, 6.07) is 14.4. The van der Waals surface area contributed by atoms with Gasteiger partial charge in [0.15, 0.2) is 6.54 Å². The molecule has 6 heteroatoms. The van der Waals surface area contributed by atoms with Crippen LogP contribution in [-0.4, -0.2) is 12.5 Å². The van der Waals surface area contributed by atoms with Gasteiger partial charge in [0.1, 0.15) is 12.1 Å². The molecule has 0 bridgehead atoms. The molecule has 2 aromatic rings.